The summed E-state index contributed by atoms with van der Waals surface area (Å²) in [6.45, 7) is 1.69. The number of hydrogen-bond donors (Lipinski definition) is 1. The number of para-hydroxylation sites is 1. The highest BCUT2D eigenvalue weighted by Crippen LogP contribution is 2.35. The zero-order valence-electron chi connectivity index (χ0n) is 15.2. The van der Waals surface area contributed by atoms with Crippen LogP contribution in [0.25, 0.3) is 10.9 Å². The van der Waals surface area contributed by atoms with Gasteiger partial charge in [-0.3, -0.25) is 9.78 Å². The zero-order chi connectivity index (χ0) is 21.4. The lowest BCUT2D eigenvalue weighted by atomic mass is 10.1. The summed E-state index contributed by atoms with van der Waals surface area (Å²) < 4.78 is 67.0. The number of ether oxygens (including phenoxy) is 1. The first-order valence-corrected chi connectivity index (χ1v) is 9.70. The molecule has 1 N–H and O–H groups in total. The topological polar surface area (TPSA) is 85.4 Å². The number of nitrogens with zero attached hydrogens (tertiary/aromatic N) is 1. The van der Waals surface area contributed by atoms with E-state index in [2.05, 4.69) is 10.3 Å². The molecule has 0 fully saturated rings. The molecule has 6 nitrogen and oxygen atoms in total. The molecule has 0 aliphatic rings. The Bertz CT molecular complexity index is 1210. The maximum absolute atomic E-state index is 12.9. The number of fused-ring (bicyclic) bond motifs is 1. The number of aryl methyl sites for hydroxylation is 1. The summed E-state index contributed by atoms with van der Waals surface area (Å²) >= 11 is 0. The smallest absolute Gasteiger partial charge is 0.495 e. The first-order chi connectivity index (χ1) is 13.5. The molecule has 0 saturated heterocycles. The Labute approximate surface area is 164 Å². The molecule has 1 heterocycles. The lowest BCUT2D eigenvalue weighted by Crippen LogP contribution is -2.23. The molecule has 0 radical (unpaired) electrons. The Hall–Kier alpha value is -3.14. The molecule has 1 amide bonds. The van der Waals surface area contributed by atoms with E-state index in [-0.39, 0.29) is 17.0 Å². The van der Waals surface area contributed by atoms with Gasteiger partial charge in [0.15, 0.2) is 0 Å². The molecule has 1 aromatic heterocycles. The van der Waals surface area contributed by atoms with Gasteiger partial charge in [-0.25, -0.2) is 8.42 Å². The van der Waals surface area contributed by atoms with Crippen molar-refractivity contribution in [1.29, 1.82) is 0 Å². The fourth-order valence-corrected chi connectivity index (χ4v) is 3.56. The minimum absolute atomic E-state index is 0.00885. The van der Waals surface area contributed by atoms with Crippen LogP contribution in [0.4, 0.5) is 18.9 Å². The van der Waals surface area contributed by atoms with Crippen LogP contribution >= 0.6 is 0 Å². The van der Waals surface area contributed by atoms with E-state index in [4.69, 9.17) is 4.74 Å². The van der Waals surface area contributed by atoms with E-state index in [9.17, 15) is 26.4 Å². The minimum Gasteiger partial charge on any atom is -0.495 e. The van der Waals surface area contributed by atoms with Crippen LogP contribution in [-0.4, -0.2) is 31.9 Å². The summed E-state index contributed by atoms with van der Waals surface area (Å²) in [5.41, 5.74) is -4.31. The number of amides is 1. The summed E-state index contributed by atoms with van der Waals surface area (Å²) in [6, 6.07) is 10.9. The number of pyridine rings is 1. The third kappa shape index (κ3) is 3.88. The van der Waals surface area contributed by atoms with Gasteiger partial charge in [-0.2, -0.15) is 13.2 Å². The third-order valence-corrected chi connectivity index (χ3v) is 5.61. The average molecular weight is 424 g/mol. The van der Waals surface area contributed by atoms with Gasteiger partial charge in [0.2, 0.25) is 0 Å². The van der Waals surface area contributed by atoms with Crippen LogP contribution in [0.2, 0.25) is 0 Å². The predicted octanol–water partition coefficient (Wildman–Crippen LogP) is 4.10. The Morgan fingerprint density at radius 1 is 1.10 bits per heavy atom. The Morgan fingerprint density at radius 3 is 2.45 bits per heavy atom. The number of anilines is 1. The molecule has 0 bridgehead atoms. The van der Waals surface area contributed by atoms with Gasteiger partial charge in [0.1, 0.15) is 5.75 Å². The van der Waals surface area contributed by atoms with Crippen LogP contribution in [0.1, 0.15) is 16.1 Å². The molecular weight excluding hydrogens is 409 g/mol. The van der Waals surface area contributed by atoms with E-state index >= 15 is 0 Å². The van der Waals surface area contributed by atoms with Crippen molar-refractivity contribution in [3.05, 3.63) is 59.8 Å². The van der Waals surface area contributed by atoms with Crippen molar-refractivity contribution in [3.63, 3.8) is 0 Å². The van der Waals surface area contributed by atoms with Crippen molar-refractivity contribution in [3.8, 4) is 5.75 Å². The summed E-state index contributed by atoms with van der Waals surface area (Å²) in [7, 11) is -4.34. The predicted molar refractivity (Wildman–Crippen MR) is 101 cm³/mol. The number of rotatable bonds is 4. The van der Waals surface area contributed by atoms with Crippen molar-refractivity contribution in [1.82, 2.24) is 4.98 Å². The first kappa shape index (κ1) is 20.6. The van der Waals surface area contributed by atoms with Crippen molar-refractivity contribution in [2.24, 2.45) is 0 Å². The zero-order valence-corrected chi connectivity index (χ0v) is 16.1. The number of methoxy groups -OCH3 is 1. The monoisotopic (exact) mass is 424 g/mol. The van der Waals surface area contributed by atoms with Crippen LogP contribution in [0, 0.1) is 6.92 Å². The first-order valence-electron chi connectivity index (χ1n) is 8.21. The Balaban J connectivity index is 2.07. The van der Waals surface area contributed by atoms with Gasteiger partial charge in [-0.1, -0.05) is 18.2 Å². The molecule has 3 aromatic rings. The summed E-state index contributed by atoms with van der Waals surface area (Å²) in [6.07, 6.45) is 0. The van der Waals surface area contributed by atoms with E-state index < -0.39 is 26.1 Å². The van der Waals surface area contributed by atoms with Gasteiger partial charge in [0.05, 0.1) is 28.8 Å². The maximum Gasteiger partial charge on any atom is 0.501 e. The highest BCUT2D eigenvalue weighted by molar-refractivity contribution is 7.92. The number of alkyl halides is 3. The number of carbonyl (C=O) groups excluding carboxylic acids is 1. The molecule has 0 unspecified atom stereocenters. The maximum atomic E-state index is 12.9. The summed E-state index contributed by atoms with van der Waals surface area (Å²) in [5, 5.41) is 2.97. The van der Waals surface area contributed by atoms with E-state index in [0.717, 1.165) is 18.2 Å². The van der Waals surface area contributed by atoms with Crippen LogP contribution in [-0.2, 0) is 9.84 Å². The number of benzene rings is 2. The highest BCUT2D eigenvalue weighted by atomic mass is 32.2. The molecule has 3 rings (SSSR count). The average Bonchev–Trinajstić information content (AvgIpc) is 2.66. The van der Waals surface area contributed by atoms with E-state index in [0.29, 0.717) is 16.6 Å². The second-order valence-corrected chi connectivity index (χ2v) is 8.03. The Morgan fingerprint density at radius 2 is 1.79 bits per heavy atom. The van der Waals surface area contributed by atoms with Crippen molar-refractivity contribution in [2.45, 2.75) is 17.3 Å². The van der Waals surface area contributed by atoms with Crippen LogP contribution in [0.5, 0.6) is 5.75 Å². The van der Waals surface area contributed by atoms with Gasteiger partial charge in [-0.15, -0.1) is 0 Å². The minimum atomic E-state index is -5.58. The van der Waals surface area contributed by atoms with Gasteiger partial charge < -0.3 is 10.1 Å². The van der Waals surface area contributed by atoms with Gasteiger partial charge >= 0.3 is 5.51 Å². The highest BCUT2D eigenvalue weighted by Gasteiger charge is 2.47. The second kappa shape index (κ2) is 7.36. The van der Waals surface area contributed by atoms with Gasteiger partial charge in [0, 0.05) is 11.1 Å². The molecule has 0 saturated carbocycles. The fourth-order valence-electron chi connectivity index (χ4n) is 2.77. The van der Waals surface area contributed by atoms with Crippen molar-refractivity contribution in [2.75, 3.05) is 12.4 Å². The molecule has 0 aliphatic heterocycles. The second-order valence-electron chi connectivity index (χ2n) is 6.09. The number of carbonyl (C=O) groups is 1. The molecule has 152 valence electrons. The van der Waals surface area contributed by atoms with E-state index in [1.165, 1.54) is 13.2 Å². The van der Waals surface area contributed by atoms with Crippen LogP contribution < -0.4 is 10.1 Å². The Kier molecular flexibility index (Phi) is 5.22. The SMILES string of the molecule is COc1ccc(S(=O)(=O)C(F)(F)F)cc1NC(=O)c1cc(C)nc2ccccc12. The molecule has 2 aromatic carbocycles. The van der Waals surface area contributed by atoms with E-state index in [1.54, 1.807) is 31.2 Å². The lowest BCUT2D eigenvalue weighted by molar-refractivity contribution is -0.0436. The lowest BCUT2D eigenvalue weighted by Gasteiger charge is -2.14. The van der Waals surface area contributed by atoms with Crippen LogP contribution in [0.3, 0.4) is 0 Å². The number of halogens is 3. The largest absolute Gasteiger partial charge is 0.501 e. The van der Waals surface area contributed by atoms with Crippen molar-refractivity contribution < 1.29 is 31.1 Å². The third-order valence-electron chi connectivity index (χ3n) is 4.12. The summed E-state index contributed by atoms with van der Waals surface area (Å²) in [5.74, 6) is -0.638. The van der Waals surface area contributed by atoms with E-state index in [1.807, 2.05) is 0 Å². The number of aromatic nitrogens is 1. The van der Waals surface area contributed by atoms with Gasteiger partial charge in [-0.05, 0) is 37.3 Å². The quantitative estimate of drug-likeness (QED) is 0.682. The number of sulfone groups is 1. The molecular formula is C19H15F3N2O4S. The molecule has 0 aliphatic carbocycles. The number of nitrogens with one attached hydrogen (secondary N) is 1. The standard InChI is InChI=1S/C19H15F3N2O4S/c1-11-9-14(13-5-3-4-6-15(13)23-11)18(25)24-16-10-12(7-8-17(16)28-2)29(26,27)19(20,21)22/h3-10H,1-2H3,(H,24,25). The molecule has 10 heteroatoms. The molecule has 0 spiro atoms. The van der Waals surface area contributed by atoms with Crippen LogP contribution in [0.15, 0.2) is 53.4 Å². The fraction of sp³-hybridized carbons (Fsp3) is 0.158. The normalized spacial score (nSPS) is 12.0. The summed E-state index contributed by atoms with van der Waals surface area (Å²) in [4.78, 5) is 16.2. The molecule has 29 heavy (non-hydrogen) atoms. The van der Waals surface area contributed by atoms with Crippen molar-refractivity contribution >= 4 is 32.3 Å². The number of hydrogen-bond acceptors (Lipinski definition) is 5. The molecule has 0 atom stereocenters. The van der Waals surface area contributed by atoms with Gasteiger partial charge in [0.25, 0.3) is 15.7 Å².